The maximum absolute atomic E-state index is 12.1. The van der Waals surface area contributed by atoms with Crippen LogP contribution in [-0.4, -0.2) is 60.4 Å². The number of H-pyrrole nitrogens is 1. The van der Waals surface area contributed by atoms with Gasteiger partial charge in [0.1, 0.15) is 11.3 Å². The average Bonchev–Trinajstić information content (AvgIpc) is 3.50. The molecule has 32 heavy (non-hydrogen) atoms. The van der Waals surface area contributed by atoms with Crippen LogP contribution < -0.4 is 10.1 Å². The van der Waals surface area contributed by atoms with Gasteiger partial charge in [-0.25, -0.2) is 4.98 Å². The van der Waals surface area contributed by atoms with Gasteiger partial charge in [-0.15, -0.1) is 0 Å². The van der Waals surface area contributed by atoms with Crippen LogP contribution in [0.1, 0.15) is 32.6 Å². The number of aromatic amines is 1. The van der Waals surface area contributed by atoms with Crippen molar-refractivity contribution < 1.29 is 9.53 Å². The second-order valence-electron chi connectivity index (χ2n) is 8.99. The molecule has 2 N–H and O–H groups in total. The van der Waals surface area contributed by atoms with Crippen molar-refractivity contribution in [3.63, 3.8) is 0 Å². The molecule has 0 aromatic carbocycles. The topological polar surface area (TPSA) is 100 Å². The molecule has 4 aromatic heterocycles. The van der Waals surface area contributed by atoms with Gasteiger partial charge in [0.15, 0.2) is 0 Å². The van der Waals surface area contributed by atoms with Crippen molar-refractivity contribution >= 4 is 28.5 Å². The van der Waals surface area contributed by atoms with Gasteiger partial charge in [0.25, 0.3) is 0 Å². The molecule has 1 aliphatic heterocycles. The first-order valence-corrected chi connectivity index (χ1v) is 11.0. The molecule has 0 atom stereocenters. The fourth-order valence-corrected chi connectivity index (χ4v) is 5.25. The lowest BCUT2D eigenvalue weighted by Crippen LogP contribution is -2.59. The van der Waals surface area contributed by atoms with Crippen LogP contribution in [0.2, 0.25) is 0 Å². The highest BCUT2D eigenvalue weighted by molar-refractivity contribution is 5.97. The number of hydrogen-bond donors (Lipinski definition) is 2. The van der Waals surface area contributed by atoms with Crippen LogP contribution in [0, 0.1) is 0 Å². The van der Waals surface area contributed by atoms with Crippen LogP contribution in [0.15, 0.2) is 36.9 Å². The Balaban J connectivity index is 1.27. The minimum absolute atomic E-state index is 0.0645. The highest BCUT2D eigenvalue weighted by Crippen LogP contribution is 2.41. The highest BCUT2D eigenvalue weighted by atomic mass is 16.5. The number of likely N-dealkylation sites (tertiary alicyclic amines) is 1. The fourth-order valence-electron chi connectivity index (χ4n) is 5.25. The van der Waals surface area contributed by atoms with Gasteiger partial charge < -0.3 is 24.3 Å². The smallest absolute Gasteiger partial charge is 0.228 e. The molecule has 2 aliphatic rings. The number of carbonyl (C=O) groups is 1. The number of aromatic nitrogens is 5. The third kappa shape index (κ3) is 2.91. The summed E-state index contributed by atoms with van der Waals surface area (Å²) in [6.07, 6.45) is 11.1. The Morgan fingerprint density at radius 1 is 1.28 bits per heavy atom. The zero-order chi connectivity index (χ0) is 21.9. The van der Waals surface area contributed by atoms with Gasteiger partial charge in [-0.3, -0.25) is 4.79 Å². The summed E-state index contributed by atoms with van der Waals surface area (Å²) in [6, 6.07) is 4.25. The number of imidazole rings is 1. The molecule has 1 saturated heterocycles. The van der Waals surface area contributed by atoms with Gasteiger partial charge in [0, 0.05) is 60.5 Å². The number of methoxy groups -OCH3 is 1. The minimum atomic E-state index is -0.0645. The van der Waals surface area contributed by atoms with E-state index < -0.39 is 0 Å². The van der Waals surface area contributed by atoms with Crippen LogP contribution in [0.5, 0.6) is 5.88 Å². The molecule has 9 heteroatoms. The molecule has 0 spiro atoms. The lowest BCUT2D eigenvalue weighted by molar-refractivity contribution is -0.136. The summed E-state index contributed by atoms with van der Waals surface area (Å²) in [6.45, 7) is 3.04. The molecule has 0 bridgehead atoms. The number of anilines is 1. The van der Waals surface area contributed by atoms with E-state index in [1.807, 2.05) is 40.0 Å². The molecule has 1 amide bonds. The Morgan fingerprint density at radius 2 is 2.16 bits per heavy atom. The minimum Gasteiger partial charge on any atom is -0.480 e. The van der Waals surface area contributed by atoms with E-state index in [2.05, 4.69) is 27.2 Å². The molecule has 2 fully saturated rings. The SMILES string of the molecule is COc1nc(NC2CC(C)(N3CCCC3=O)C2)nc2[nH]cc(-c3ccc4nccn4c3)c12. The Bertz CT molecular complexity index is 1330. The fraction of sp³-hybridized carbons (Fsp3) is 0.391. The van der Waals surface area contributed by atoms with E-state index in [1.165, 1.54) is 0 Å². The summed E-state index contributed by atoms with van der Waals surface area (Å²) >= 11 is 0. The standard InChI is InChI=1S/C23H25N7O2/c1-23(30-8-3-4-18(30)31)10-15(11-23)26-22-27-20-19(21(28-22)32-2)16(12-25-20)14-5-6-17-24-7-9-29(17)13-14/h5-7,9,12-13,15H,3-4,8,10-11H2,1-2H3,(H2,25,26,27,28). The largest absolute Gasteiger partial charge is 0.480 e. The lowest BCUT2D eigenvalue weighted by atomic mass is 9.73. The molecular formula is C23H25N7O2. The van der Waals surface area contributed by atoms with E-state index in [9.17, 15) is 4.79 Å². The molecule has 4 aromatic rings. The van der Waals surface area contributed by atoms with Crippen LogP contribution in [0.25, 0.3) is 27.8 Å². The number of hydrogen-bond acceptors (Lipinski definition) is 6. The number of pyridine rings is 1. The average molecular weight is 432 g/mol. The lowest BCUT2D eigenvalue weighted by Gasteiger charge is -2.51. The molecule has 164 valence electrons. The van der Waals surface area contributed by atoms with Crippen molar-refractivity contribution in [3.8, 4) is 17.0 Å². The van der Waals surface area contributed by atoms with Crippen molar-refractivity contribution in [2.45, 2.75) is 44.2 Å². The van der Waals surface area contributed by atoms with E-state index in [1.54, 1.807) is 13.3 Å². The maximum atomic E-state index is 12.1. The normalized spacial score (nSPS) is 23.1. The Hall–Kier alpha value is -3.62. The third-order valence-electron chi connectivity index (χ3n) is 6.82. The van der Waals surface area contributed by atoms with Crippen molar-refractivity contribution in [2.24, 2.45) is 0 Å². The van der Waals surface area contributed by atoms with E-state index >= 15 is 0 Å². The number of nitrogens with zero attached hydrogens (tertiary/aromatic N) is 5. The van der Waals surface area contributed by atoms with Gasteiger partial charge >= 0.3 is 0 Å². The molecule has 0 unspecified atom stereocenters. The predicted molar refractivity (Wildman–Crippen MR) is 121 cm³/mol. The van der Waals surface area contributed by atoms with Crippen molar-refractivity contribution in [1.29, 1.82) is 0 Å². The van der Waals surface area contributed by atoms with E-state index in [-0.39, 0.29) is 17.5 Å². The van der Waals surface area contributed by atoms with E-state index in [0.717, 1.165) is 53.6 Å². The number of carbonyl (C=O) groups excluding carboxylic acids is 1. The van der Waals surface area contributed by atoms with E-state index in [4.69, 9.17) is 9.72 Å². The van der Waals surface area contributed by atoms with Gasteiger partial charge in [0.2, 0.25) is 17.7 Å². The summed E-state index contributed by atoms with van der Waals surface area (Å²) in [7, 11) is 1.63. The molecule has 5 heterocycles. The molecule has 1 saturated carbocycles. The first-order valence-electron chi connectivity index (χ1n) is 11.0. The number of ether oxygens (including phenoxy) is 1. The number of fused-ring (bicyclic) bond motifs is 2. The Kier molecular flexibility index (Phi) is 4.14. The van der Waals surface area contributed by atoms with Gasteiger partial charge in [-0.2, -0.15) is 9.97 Å². The molecule has 9 nitrogen and oxygen atoms in total. The summed E-state index contributed by atoms with van der Waals surface area (Å²) in [5.74, 6) is 1.34. The summed E-state index contributed by atoms with van der Waals surface area (Å²) in [5, 5.41) is 4.28. The number of amides is 1. The summed E-state index contributed by atoms with van der Waals surface area (Å²) in [5.41, 5.74) is 3.55. The predicted octanol–water partition coefficient (Wildman–Crippen LogP) is 3.24. The zero-order valence-corrected chi connectivity index (χ0v) is 18.1. The Labute approximate surface area is 184 Å². The molecule has 6 rings (SSSR count). The monoisotopic (exact) mass is 431 g/mol. The van der Waals surface area contributed by atoms with Crippen LogP contribution in [0.4, 0.5) is 5.95 Å². The third-order valence-corrected chi connectivity index (χ3v) is 6.82. The first-order chi connectivity index (χ1) is 15.5. The molecular weight excluding hydrogens is 406 g/mol. The van der Waals surface area contributed by atoms with Crippen molar-refractivity contribution in [1.82, 2.24) is 29.2 Å². The highest BCUT2D eigenvalue weighted by Gasteiger charge is 2.48. The second kappa shape index (κ2) is 6.94. The summed E-state index contributed by atoms with van der Waals surface area (Å²) < 4.78 is 7.63. The van der Waals surface area contributed by atoms with Crippen LogP contribution >= 0.6 is 0 Å². The van der Waals surface area contributed by atoms with Crippen molar-refractivity contribution in [3.05, 3.63) is 36.9 Å². The number of rotatable bonds is 5. The Morgan fingerprint density at radius 3 is 2.94 bits per heavy atom. The van der Waals surface area contributed by atoms with Crippen LogP contribution in [0.3, 0.4) is 0 Å². The van der Waals surface area contributed by atoms with E-state index in [0.29, 0.717) is 18.2 Å². The zero-order valence-electron chi connectivity index (χ0n) is 18.1. The molecule has 0 radical (unpaired) electrons. The number of nitrogens with one attached hydrogen (secondary N) is 2. The first kappa shape index (κ1) is 19.1. The van der Waals surface area contributed by atoms with Crippen LogP contribution in [-0.2, 0) is 4.79 Å². The van der Waals surface area contributed by atoms with Gasteiger partial charge in [-0.05, 0) is 38.3 Å². The van der Waals surface area contributed by atoms with Crippen molar-refractivity contribution in [2.75, 3.05) is 19.0 Å². The van der Waals surface area contributed by atoms with Gasteiger partial charge in [-0.1, -0.05) is 0 Å². The maximum Gasteiger partial charge on any atom is 0.228 e. The molecule has 1 aliphatic carbocycles. The van der Waals surface area contributed by atoms with Gasteiger partial charge in [0.05, 0.1) is 12.5 Å². The summed E-state index contributed by atoms with van der Waals surface area (Å²) in [4.78, 5) is 31.1. The quantitative estimate of drug-likeness (QED) is 0.503. The second-order valence-corrected chi connectivity index (χ2v) is 8.99.